The van der Waals surface area contributed by atoms with Crippen LogP contribution in [0.25, 0.3) is 0 Å². The summed E-state index contributed by atoms with van der Waals surface area (Å²) in [4.78, 5) is 15.4. The molecule has 1 aromatic carbocycles. The van der Waals surface area contributed by atoms with Crippen LogP contribution >= 0.6 is 0 Å². The molecule has 3 N–H and O–H groups in total. The second kappa shape index (κ2) is 6.43. The molecular weight excluding hydrogens is 242 g/mol. The largest absolute Gasteiger partial charge is 0.397 e. The number of aliphatic hydroxyl groups excluding tert-OH is 1. The van der Waals surface area contributed by atoms with E-state index in [0.29, 0.717) is 17.8 Å². The molecule has 0 unspecified atom stereocenters. The Kier molecular flexibility index (Phi) is 5.18. The van der Waals surface area contributed by atoms with Crippen LogP contribution < -0.4 is 10.6 Å². The Labute approximate surface area is 114 Å². The van der Waals surface area contributed by atoms with Gasteiger partial charge in [0.25, 0.3) is 5.91 Å². The van der Waals surface area contributed by atoms with Crippen molar-refractivity contribution in [3.8, 4) is 0 Å². The third kappa shape index (κ3) is 3.61. The highest BCUT2D eigenvalue weighted by atomic mass is 16.3. The van der Waals surface area contributed by atoms with Gasteiger partial charge in [-0.2, -0.15) is 0 Å². The number of anilines is 2. The summed E-state index contributed by atoms with van der Waals surface area (Å²) in [7, 11) is 3.41. The van der Waals surface area contributed by atoms with Crippen molar-refractivity contribution in [1.29, 1.82) is 0 Å². The van der Waals surface area contributed by atoms with Crippen LogP contribution in [0.3, 0.4) is 0 Å². The number of hydrogen-bond acceptors (Lipinski definition) is 4. The van der Waals surface area contributed by atoms with E-state index in [1.54, 1.807) is 26.2 Å². The second-order valence-electron chi connectivity index (χ2n) is 4.98. The normalized spacial score (nSPS) is 10.6. The van der Waals surface area contributed by atoms with Crippen molar-refractivity contribution in [3.63, 3.8) is 0 Å². The first-order valence-corrected chi connectivity index (χ1v) is 6.37. The molecule has 5 nitrogen and oxygen atoms in total. The topological polar surface area (TPSA) is 69.8 Å². The summed E-state index contributed by atoms with van der Waals surface area (Å²) < 4.78 is 0. The van der Waals surface area contributed by atoms with Crippen LogP contribution in [0.5, 0.6) is 0 Å². The molecule has 0 aliphatic heterocycles. The molecule has 1 aromatic rings. The number of rotatable bonds is 5. The van der Waals surface area contributed by atoms with Crippen LogP contribution in [0.1, 0.15) is 24.2 Å². The van der Waals surface area contributed by atoms with E-state index in [1.165, 1.54) is 4.90 Å². The minimum absolute atomic E-state index is 0.0655. The van der Waals surface area contributed by atoms with Gasteiger partial charge >= 0.3 is 0 Å². The Morgan fingerprint density at radius 1 is 1.37 bits per heavy atom. The lowest BCUT2D eigenvalue weighted by atomic mass is 10.1. The number of nitrogens with two attached hydrogens (primary N) is 1. The lowest BCUT2D eigenvalue weighted by Gasteiger charge is -2.29. The van der Waals surface area contributed by atoms with Gasteiger partial charge in [-0.1, -0.05) is 0 Å². The Morgan fingerprint density at radius 3 is 2.42 bits per heavy atom. The first-order chi connectivity index (χ1) is 8.88. The van der Waals surface area contributed by atoms with Crippen LogP contribution in [0.2, 0.25) is 0 Å². The SMILES string of the molecule is CC(C)N(CCO)c1ccc(C(=O)N(C)C)cc1N. The molecule has 0 saturated heterocycles. The third-order valence-electron chi connectivity index (χ3n) is 2.95. The van der Waals surface area contributed by atoms with Gasteiger partial charge in [-0.3, -0.25) is 4.79 Å². The predicted octanol–water partition coefficient (Wildman–Crippen LogP) is 1.18. The zero-order valence-electron chi connectivity index (χ0n) is 12.1. The Hall–Kier alpha value is -1.75. The molecule has 0 atom stereocenters. The smallest absolute Gasteiger partial charge is 0.253 e. The first-order valence-electron chi connectivity index (χ1n) is 6.37. The Balaban J connectivity index is 3.08. The number of nitrogens with zero attached hydrogens (tertiary/aromatic N) is 2. The zero-order chi connectivity index (χ0) is 14.6. The van der Waals surface area contributed by atoms with Crippen LogP contribution in [0.4, 0.5) is 11.4 Å². The van der Waals surface area contributed by atoms with Crippen LogP contribution in [-0.2, 0) is 0 Å². The molecule has 0 aromatic heterocycles. The fourth-order valence-electron chi connectivity index (χ4n) is 1.97. The maximum Gasteiger partial charge on any atom is 0.253 e. The van der Waals surface area contributed by atoms with Crippen molar-refractivity contribution in [3.05, 3.63) is 23.8 Å². The second-order valence-corrected chi connectivity index (χ2v) is 4.98. The van der Waals surface area contributed by atoms with Gasteiger partial charge in [0.1, 0.15) is 0 Å². The number of carbonyl (C=O) groups is 1. The van der Waals surface area contributed by atoms with Crippen molar-refractivity contribution in [2.24, 2.45) is 0 Å². The summed E-state index contributed by atoms with van der Waals surface area (Å²) in [5.41, 5.74) is 8.00. The summed E-state index contributed by atoms with van der Waals surface area (Å²) in [6.45, 7) is 4.65. The molecule has 0 aliphatic carbocycles. The average molecular weight is 265 g/mol. The lowest BCUT2D eigenvalue weighted by Crippen LogP contribution is -2.34. The Morgan fingerprint density at radius 2 is 2.00 bits per heavy atom. The summed E-state index contributed by atoms with van der Waals surface area (Å²) in [5.74, 6) is -0.0727. The van der Waals surface area contributed by atoms with Crippen LogP contribution in [-0.4, -0.2) is 49.2 Å². The highest BCUT2D eigenvalue weighted by molar-refractivity contribution is 5.95. The van der Waals surface area contributed by atoms with Crippen molar-refractivity contribution < 1.29 is 9.90 Å². The van der Waals surface area contributed by atoms with Gasteiger partial charge in [0, 0.05) is 32.2 Å². The van der Waals surface area contributed by atoms with Gasteiger partial charge in [-0.05, 0) is 32.0 Å². The minimum Gasteiger partial charge on any atom is -0.397 e. The molecule has 5 heteroatoms. The maximum atomic E-state index is 11.9. The van der Waals surface area contributed by atoms with Gasteiger partial charge in [0.2, 0.25) is 0 Å². The van der Waals surface area contributed by atoms with E-state index >= 15 is 0 Å². The highest BCUT2D eigenvalue weighted by Crippen LogP contribution is 2.26. The van der Waals surface area contributed by atoms with Crippen molar-refractivity contribution >= 4 is 17.3 Å². The molecule has 0 aliphatic rings. The molecule has 106 valence electrons. The summed E-state index contributed by atoms with van der Waals surface area (Å²) in [6.07, 6.45) is 0. The molecule has 0 heterocycles. The van der Waals surface area contributed by atoms with E-state index in [0.717, 1.165) is 5.69 Å². The maximum absolute atomic E-state index is 11.9. The third-order valence-corrected chi connectivity index (χ3v) is 2.95. The first kappa shape index (κ1) is 15.3. The molecular formula is C14H23N3O2. The zero-order valence-corrected chi connectivity index (χ0v) is 12.1. The number of hydrogen-bond donors (Lipinski definition) is 2. The molecule has 0 saturated carbocycles. The summed E-state index contributed by atoms with van der Waals surface area (Å²) in [5, 5.41) is 9.11. The molecule has 1 rings (SSSR count). The van der Waals surface area contributed by atoms with E-state index in [-0.39, 0.29) is 18.6 Å². The fraction of sp³-hybridized carbons (Fsp3) is 0.500. The van der Waals surface area contributed by atoms with E-state index in [1.807, 2.05) is 24.8 Å². The molecule has 0 fully saturated rings. The number of benzene rings is 1. The predicted molar refractivity (Wildman–Crippen MR) is 78.4 cm³/mol. The molecule has 19 heavy (non-hydrogen) atoms. The monoisotopic (exact) mass is 265 g/mol. The van der Waals surface area contributed by atoms with E-state index < -0.39 is 0 Å². The highest BCUT2D eigenvalue weighted by Gasteiger charge is 2.15. The molecule has 0 spiro atoms. The summed E-state index contributed by atoms with van der Waals surface area (Å²) in [6, 6.07) is 5.51. The lowest BCUT2D eigenvalue weighted by molar-refractivity contribution is 0.0827. The molecule has 0 bridgehead atoms. The number of amides is 1. The Bertz CT molecular complexity index is 444. The molecule has 1 amide bonds. The molecule has 0 radical (unpaired) electrons. The summed E-state index contributed by atoms with van der Waals surface area (Å²) >= 11 is 0. The van der Waals surface area contributed by atoms with E-state index in [4.69, 9.17) is 10.8 Å². The standard InChI is InChI=1S/C14H23N3O2/c1-10(2)17(7-8-18)13-6-5-11(9-12(13)15)14(19)16(3)4/h5-6,9-10,18H,7-8,15H2,1-4H3. The van der Waals surface area contributed by atoms with Gasteiger partial charge < -0.3 is 20.6 Å². The minimum atomic E-state index is -0.0727. The number of carbonyl (C=O) groups excluding carboxylic acids is 1. The fourth-order valence-corrected chi connectivity index (χ4v) is 1.97. The number of aliphatic hydroxyl groups is 1. The van der Waals surface area contributed by atoms with E-state index in [2.05, 4.69) is 0 Å². The van der Waals surface area contributed by atoms with Gasteiger partial charge in [0.05, 0.1) is 18.0 Å². The quantitative estimate of drug-likeness (QED) is 0.784. The van der Waals surface area contributed by atoms with Crippen LogP contribution in [0.15, 0.2) is 18.2 Å². The van der Waals surface area contributed by atoms with E-state index in [9.17, 15) is 4.79 Å². The van der Waals surface area contributed by atoms with Gasteiger partial charge in [0.15, 0.2) is 0 Å². The number of nitrogen functional groups attached to an aromatic ring is 1. The average Bonchev–Trinajstić information content (AvgIpc) is 2.35. The van der Waals surface area contributed by atoms with Crippen LogP contribution in [0, 0.1) is 0 Å². The van der Waals surface area contributed by atoms with Crippen molar-refractivity contribution in [2.45, 2.75) is 19.9 Å². The van der Waals surface area contributed by atoms with Gasteiger partial charge in [-0.15, -0.1) is 0 Å². The van der Waals surface area contributed by atoms with Crippen molar-refractivity contribution in [2.75, 3.05) is 37.9 Å². The van der Waals surface area contributed by atoms with Gasteiger partial charge in [-0.25, -0.2) is 0 Å². The van der Waals surface area contributed by atoms with Crippen molar-refractivity contribution in [1.82, 2.24) is 4.90 Å².